The Hall–Kier alpha value is -2.28. The van der Waals surface area contributed by atoms with Crippen LogP contribution in [0, 0.1) is 12.7 Å². The molecule has 4 rings (SSSR count). The molecule has 2 aromatic carbocycles. The Kier molecular flexibility index (Phi) is 7.55. The topological polar surface area (TPSA) is 57.2 Å². The van der Waals surface area contributed by atoms with Gasteiger partial charge in [0.1, 0.15) is 10.8 Å². The Morgan fingerprint density at radius 2 is 2.09 bits per heavy atom. The normalized spacial score (nSPS) is 17.6. The maximum absolute atomic E-state index is 13.9. The minimum absolute atomic E-state index is 0.241. The molecule has 3 aromatic rings. The van der Waals surface area contributed by atoms with Gasteiger partial charge in [0.25, 0.3) is 0 Å². The zero-order valence-electron chi connectivity index (χ0n) is 18.8. The van der Waals surface area contributed by atoms with Crippen LogP contribution in [0.2, 0.25) is 0 Å². The first-order valence-corrected chi connectivity index (χ1v) is 12.3. The number of aliphatic hydroxyl groups excluding tert-OH is 1. The number of hydrogen-bond donors (Lipinski definition) is 3. The van der Waals surface area contributed by atoms with Crippen LogP contribution in [0.15, 0.2) is 48.1 Å². The number of nitrogens with one attached hydrogen (secondary N) is 2. The molecule has 170 valence electrons. The van der Waals surface area contributed by atoms with Gasteiger partial charge in [-0.05, 0) is 79.0 Å². The van der Waals surface area contributed by atoms with E-state index in [9.17, 15) is 9.50 Å². The van der Waals surface area contributed by atoms with Gasteiger partial charge in [0.2, 0.25) is 0 Å². The monoisotopic (exact) mass is 453 g/mol. The molecule has 32 heavy (non-hydrogen) atoms. The first-order chi connectivity index (χ1) is 15.5. The van der Waals surface area contributed by atoms with E-state index in [0.29, 0.717) is 13.0 Å². The first-order valence-electron chi connectivity index (χ1n) is 11.5. The Labute approximate surface area is 193 Å². The number of rotatable bonds is 9. The van der Waals surface area contributed by atoms with Crippen LogP contribution in [-0.2, 0) is 19.3 Å². The molecule has 0 saturated heterocycles. The zero-order chi connectivity index (χ0) is 22.5. The van der Waals surface area contributed by atoms with Crippen molar-refractivity contribution in [3.63, 3.8) is 0 Å². The zero-order valence-corrected chi connectivity index (χ0v) is 19.6. The van der Waals surface area contributed by atoms with E-state index in [2.05, 4.69) is 40.7 Å². The summed E-state index contributed by atoms with van der Waals surface area (Å²) in [6.07, 6.45) is 6.02. The van der Waals surface area contributed by atoms with E-state index in [1.807, 2.05) is 13.0 Å². The van der Waals surface area contributed by atoms with Gasteiger partial charge >= 0.3 is 0 Å². The highest BCUT2D eigenvalue weighted by atomic mass is 32.1. The van der Waals surface area contributed by atoms with Crippen LogP contribution in [0.25, 0.3) is 0 Å². The second-order valence-electron chi connectivity index (χ2n) is 8.76. The number of hydrogen-bond acceptors (Lipinski definition) is 5. The van der Waals surface area contributed by atoms with Crippen LogP contribution in [0.3, 0.4) is 0 Å². The molecule has 0 bridgehead atoms. The minimum Gasteiger partial charge on any atom is -0.390 e. The van der Waals surface area contributed by atoms with Crippen molar-refractivity contribution >= 4 is 16.3 Å². The molecule has 0 spiro atoms. The predicted octanol–water partition coefficient (Wildman–Crippen LogP) is 5.20. The van der Waals surface area contributed by atoms with Crippen LogP contribution in [0.5, 0.6) is 0 Å². The number of aryl methyl sites for hydroxylation is 3. The summed E-state index contributed by atoms with van der Waals surface area (Å²) in [5.74, 6) is -0.241. The molecule has 3 N–H and O–H groups in total. The van der Waals surface area contributed by atoms with Gasteiger partial charge in [-0.3, -0.25) is 4.98 Å². The molecule has 1 aromatic heterocycles. The van der Waals surface area contributed by atoms with Gasteiger partial charge in [-0.25, -0.2) is 4.39 Å². The van der Waals surface area contributed by atoms with Gasteiger partial charge in [0.15, 0.2) is 0 Å². The number of thiazole rings is 1. The summed E-state index contributed by atoms with van der Waals surface area (Å²) in [6.45, 7) is 4.53. The summed E-state index contributed by atoms with van der Waals surface area (Å²) < 4.78 is 13.9. The lowest BCUT2D eigenvalue weighted by molar-refractivity contribution is 0.144. The molecule has 0 aliphatic heterocycles. The number of benzene rings is 2. The van der Waals surface area contributed by atoms with Crippen molar-refractivity contribution in [2.75, 3.05) is 11.9 Å². The third-order valence-corrected chi connectivity index (χ3v) is 6.99. The lowest BCUT2D eigenvalue weighted by Gasteiger charge is -2.30. The van der Waals surface area contributed by atoms with E-state index < -0.39 is 6.10 Å². The molecule has 0 amide bonds. The maximum Gasteiger partial charge on any atom is 0.123 e. The van der Waals surface area contributed by atoms with Crippen LogP contribution < -0.4 is 10.6 Å². The van der Waals surface area contributed by atoms with E-state index in [-0.39, 0.29) is 17.9 Å². The molecule has 4 nitrogen and oxygen atoms in total. The first kappa shape index (κ1) is 22.9. The summed E-state index contributed by atoms with van der Waals surface area (Å²) in [5, 5.41) is 19.1. The molecule has 3 unspecified atom stereocenters. The lowest BCUT2D eigenvalue weighted by atomic mass is 9.86. The van der Waals surface area contributed by atoms with Gasteiger partial charge in [-0.1, -0.05) is 31.2 Å². The van der Waals surface area contributed by atoms with Gasteiger partial charge in [-0.2, -0.15) is 0 Å². The summed E-state index contributed by atoms with van der Waals surface area (Å²) in [5.41, 5.74) is 7.66. The molecule has 1 heterocycles. The van der Waals surface area contributed by atoms with E-state index in [4.69, 9.17) is 0 Å². The Morgan fingerprint density at radius 1 is 1.22 bits per heavy atom. The number of halogens is 1. The summed E-state index contributed by atoms with van der Waals surface area (Å²) >= 11 is 1.50. The summed E-state index contributed by atoms with van der Waals surface area (Å²) in [4.78, 5) is 4.13. The van der Waals surface area contributed by atoms with Crippen LogP contribution in [0.4, 0.5) is 9.39 Å². The highest BCUT2D eigenvalue weighted by Gasteiger charge is 2.25. The largest absolute Gasteiger partial charge is 0.390 e. The number of nitrogens with zero attached hydrogens (tertiary/aromatic N) is 1. The number of anilines is 1. The van der Waals surface area contributed by atoms with Gasteiger partial charge in [-0.15, -0.1) is 11.3 Å². The van der Waals surface area contributed by atoms with Crippen molar-refractivity contribution in [1.82, 2.24) is 10.3 Å². The van der Waals surface area contributed by atoms with E-state index >= 15 is 0 Å². The Balaban J connectivity index is 1.47. The molecule has 1 aliphatic rings. The molecular weight excluding hydrogens is 421 g/mol. The molecule has 0 fully saturated rings. The van der Waals surface area contributed by atoms with Gasteiger partial charge in [0.05, 0.1) is 23.9 Å². The molecular formula is C26H32FN3OS. The van der Waals surface area contributed by atoms with Crippen LogP contribution >= 0.6 is 11.3 Å². The van der Waals surface area contributed by atoms with E-state index in [1.54, 1.807) is 17.8 Å². The van der Waals surface area contributed by atoms with Crippen molar-refractivity contribution < 1.29 is 9.50 Å². The third-order valence-electron chi connectivity index (χ3n) is 6.29. The van der Waals surface area contributed by atoms with Crippen molar-refractivity contribution in [1.29, 1.82) is 0 Å². The molecule has 3 atom stereocenters. The quantitative estimate of drug-likeness (QED) is 0.417. The second-order valence-corrected chi connectivity index (χ2v) is 9.65. The van der Waals surface area contributed by atoms with Crippen molar-refractivity contribution in [2.24, 2.45) is 0 Å². The molecule has 1 aliphatic carbocycles. The standard InChI is InChI=1S/C26H32FN3OS/c1-3-18-7-8-20-5-4-6-23(22(20)12-18)29-14-25(31)24(30-26-15-28-16-32-26)13-19-9-17(2)10-21(27)11-19/h7-12,15-16,23-25,29-31H,3-6,13-14H2,1-2H3. The summed E-state index contributed by atoms with van der Waals surface area (Å²) in [7, 11) is 0. The highest BCUT2D eigenvalue weighted by molar-refractivity contribution is 7.13. The molecule has 0 radical (unpaired) electrons. The van der Waals surface area contributed by atoms with Crippen LogP contribution in [0.1, 0.15) is 53.6 Å². The predicted molar refractivity (Wildman–Crippen MR) is 130 cm³/mol. The Morgan fingerprint density at radius 3 is 2.84 bits per heavy atom. The van der Waals surface area contributed by atoms with Crippen molar-refractivity contribution in [3.8, 4) is 0 Å². The number of aromatic nitrogens is 1. The van der Waals surface area contributed by atoms with Gasteiger partial charge < -0.3 is 15.7 Å². The minimum atomic E-state index is -0.639. The SMILES string of the molecule is CCc1ccc2c(c1)C(NCC(O)C(Cc1cc(C)cc(F)c1)Nc1cncs1)CCC2. The van der Waals surface area contributed by atoms with Crippen molar-refractivity contribution in [3.05, 3.63) is 81.7 Å². The smallest absolute Gasteiger partial charge is 0.123 e. The van der Waals surface area contributed by atoms with E-state index in [1.165, 1.54) is 34.1 Å². The average Bonchev–Trinajstić information content (AvgIpc) is 3.29. The van der Waals surface area contributed by atoms with Crippen molar-refractivity contribution in [2.45, 2.75) is 64.1 Å². The fourth-order valence-corrected chi connectivity index (χ4v) is 5.20. The third kappa shape index (κ3) is 5.74. The fourth-order valence-electron chi connectivity index (χ4n) is 4.62. The van der Waals surface area contributed by atoms with E-state index in [0.717, 1.165) is 41.8 Å². The number of aliphatic hydroxyl groups is 1. The highest BCUT2D eigenvalue weighted by Crippen LogP contribution is 2.31. The van der Waals surface area contributed by atoms with Gasteiger partial charge in [0, 0.05) is 12.6 Å². The Bertz CT molecular complexity index is 1000. The lowest BCUT2D eigenvalue weighted by Crippen LogP contribution is -2.43. The number of fused-ring (bicyclic) bond motifs is 1. The maximum atomic E-state index is 13.9. The molecule has 0 saturated carbocycles. The van der Waals surface area contributed by atoms with Crippen LogP contribution in [-0.4, -0.2) is 28.8 Å². The summed E-state index contributed by atoms with van der Waals surface area (Å²) in [6, 6.07) is 11.9. The fraction of sp³-hybridized carbons (Fsp3) is 0.423. The second kappa shape index (κ2) is 10.6. The average molecular weight is 454 g/mol. The molecule has 6 heteroatoms.